The molecule has 0 aliphatic carbocycles. The quantitative estimate of drug-likeness (QED) is 0.787. The van der Waals surface area contributed by atoms with E-state index in [0.29, 0.717) is 15.9 Å². The van der Waals surface area contributed by atoms with Gasteiger partial charge in [-0.15, -0.1) is 0 Å². The molecule has 21 heavy (non-hydrogen) atoms. The number of alkyl halides is 2. The highest BCUT2D eigenvalue weighted by molar-refractivity contribution is 9.10. The Kier molecular flexibility index (Phi) is 3.47. The smallest absolute Gasteiger partial charge is 0.259 e. The van der Waals surface area contributed by atoms with Crippen molar-refractivity contribution in [2.45, 2.75) is 25.7 Å². The number of aromatic nitrogens is 2. The molecular formula is C14H14BrF2N3O. The predicted octanol–water partition coefficient (Wildman–Crippen LogP) is 3.00. The van der Waals surface area contributed by atoms with Crippen molar-refractivity contribution in [2.24, 2.45) is 0 Å². The lowest BCUT2D eigenvalue weighted by Crippen LogP contribution is -2.40. The summed E-state index contributed by atoms with van der Waals surface area (Å²) in [6.07, 6.45) is 1.30. The Labute approximate surface area is 128 Å². The third-order valence-corrected chi connectivity index (χ3v) is 4.24. The number of halogens is 3. The lowest BCUT2D eigenvalue weighted by molar-refractivity contribution is -0.0221. The molecule has 7 heteroatoms. The molecule has 3 heterocycles. The number of hydrogen-bond donors (Lipinski definition) is 0. The first kappa shape index (κ1) is 14.4. The van der Waals surface area contributed by atoms with Crippen LogP contribution in [-0.2, 0) is 0 Å². The molecule has 0 saturated carbocycles. The average Bonchev–Trinajstić information content (AvgIpc) is 2.40. The van der Waals surface area contributed by atoms with Crippen molar-refractivity contribution in [1.82, 2.24) is 9.38 Å². The van der Waals surface area contributed by atoms with Crippen LogP contribution < -0.4 is 10.5 Å². The molecule has 0 bridgehead atoms. The number of nitrogens with zero attached hydrogens (tertiary/aromatic N) is 3. The van der Waals surface area contributed by atoms with Gasteiger partial charge in [0.15, 0.2) is 5.65 Å². The van der Waals surface area contributed by atoms with Gasteiger partial charge in [0.05, 0.1) is 4.47 Å². The van der Waals surface area contributed by atoms with Crippen LogP contribution in [-0.4, -0.2) is 28.4 Å². The summed E-state index contributed by atoms with van der Waals surface area (Å²) in [5.74, 6) is -2.15. The van der Waals surface area contributed by atoms with Crippen LogP contribution in [0.15, 0.2) is 27.6 Å². The van der Waals surface area contributed by atoms with E-state index in [0.717, 1.165) is 5.56 Å². The first-order chi connectivity index (χ1) is 9.85. The molecule has 3 rings (SSSR count). The zero-order chi connectivity index (χ0) is 15.2. The summed E-state index contributed by atoms with van der Waals surface area (Å²) in [4.78, 5) is 18.4. The molecular weight excluding hydrogens is 344 g/mol. The van der Waals surface area contributed by atoms with E-state index in [4.69, 9.17) is 0 Å². The lowest BCUT2D eigenvalue weighted by Gasteiger charge is -2.32. The summed E-state index contributed by atoms with van der Waals surface area (Å²) >= 11 is 3.40. The molecule has 0 N–H and O–H groups in total. The van der Waals surface area contributed by atoms with Crippen molar-refractivity contribution >= 4 is 27.4 Å². The first-order valence-corrected chi connectivity index (χ1v) is 7.47. The molecule has 1 aliphatic rings. The minimum absolute atomic E-state index is 0.205. The van der Waals surface area contributed by atoms with Crippen molar-refractivity contribution in [1.29, 1.82) is 0 Å². The second-order valence-electron chi connectivity index (χ2n) is 5.35. The number of hydrogen-bond acceptors (Lipinski definition) is 3. The van der Waals surface area contributed by atoms with Crippen LogP contribution in [0.5, 0.6) is 0 Å². The van der Waals surface area contributed by atoms with E-state index in [-0.39, 0.29) is 31.5 Å². The van der Waals surface area contributed by atoms with Gasteiger partial charge < -0.3 is 4.90 Å². The summed E-state index contributed by atoms with van der Waals surface area (Å²) in [6, 6.07) is 3.28. The van der Waals surface area contributed by atoms with Gasteiger partial charge in [-0.1, -0.05) is 0 Å². The topological polar surface area (TPSA) is 37.6 Å². The first-order valence-electron chi connectivity index (χ1n) is 6.68. The third kappa shape index (κ3) is 2.79. The maximum atomic E-state index is 13.2. The average molecular weight is 358 g/mol. The van der Waals surface area contributed by atoms with Crippen molar-refractivity contribution in [2.75, 3.05) is 18.0 Å². The maximum Gasteiger partial charge on any atom is 0.259 e. The van der Waals surface area contributed by atoms with Gasteiger partial charge in [0.1, 0.15) is 5.82 Å². The zero-order valence-corrected chi connectivity index (χ0v) is 13.0. The molecule has 0 radical (unpaired) electrons. The summed E-state index contributed by atoms with van der Waals surface area (Å²) in [5.41, 5.74) is 1.22. The summed E-state index contributed by atoms with van der Waals surface area (Å²) in [6.45, 7) is 2.30. The minimum Gasteiger partial charge on any atom is -0.356 e. The highest BCUT2D eigenvalue weighted by Crippen LogP contribution is 2.30. The maximum absolute atomic E-state index is 13.2. The monoisotopic (exact) mass is 357 g/mol. The molecule has 0 atom stereocenters. The fourth-order valence-corrected chi connectivity index (χ4v) is 3.14. The zero-order valence-electron chi connectivity index (χ0n) is 11.4. The second kappa shape index (κ2) is 5.05. The summed E-state index contributed by atoms with van der Waals surface area (Å²) < 4.78 is 28.6. The Morgan fingerprint density at radius 3 is 2.62 bits per heavy atom. The number of fused-ring (bicyclic) bond motifs is 1. The SMILES string of the molecule is Cc1cc(Br)c2nc(N3CCC(F)(F)CC3)cc(=O)n2c1. The van der Waals surface area contributed by atoms with Gasteiger partial charge in [-0.25, -0.2) is 13.8 Å². The van der Waals surface area contributed by atoms with E-state index in [2.05, 4.69) is 20.9 Å². The van der Waals surface area contributed by atoms with Gasteiger partial charge in [-0.2, -0.15) is 0 Å². The molecule has 0 aromatic carbocycles. The van der Waals surface area contributed by atoms with Crippen LogP contribution in [0.1, 0.15) is 18.4 Å². The van der Waals surface area contributed by atoms with Crippen LogP contribution in [0.3, 0.4) is 0 Å². The number of aryl methyl sites for hydroxylation is 1. The molecule has 1 fully saturated rings. The van der Waals surface area contributed by atoms with Crippen molar-refractivity contribution in [3.63, 3.8) is 0 Å². The number of rotatable bonds is 1. The number of pyridine rings is 1. The van der Waals surface area contributed by atoms with E-state index in [9.17, 15) is 13.6 Å². The third-order valence-electron chi connectivity index (χ3n) is 3.66. The summed E-state index contributed by atoms with van der Waals surface area (Å²) in [7, 11) is 0. The van der Waals surface area contributed by atoms with Gasteiger partial charge in [-0.3, -0.25) is 9.20 Å². The molecule has 1 aliphatic heterocycles. The van der Waals surface area contributed by atoms with Crippen molar-refractivity contribution < 1.29 is 8.78 Å². The Morgan fingerprint density at radius 2 is 1.95 bits per heavy atom. The summed E-state index contributed by atoms with van der Waals surface area (Å²) in [5, 5.41) is 0. The van der Waals surface area contributed by atoms with E-state index >= 15 is 0 Å². The van der Waals surface area contributed by atoms with Gasteiger partial charge >= 0.3 is 0 Å². The van der Waals surface area contributed by atoms with Crippen LogP contribution in [0.25, 0.3) is 5.65 Å². The van der Waals surface area contributed by atoms with Crippen LogP contribution >= 0.6 is 15.9 Å². The van der Waals surface area contributed by atoms with Gasteiger partial charge in [-0.05, 0) is 34.5 Å². The normalized spacial score (nSPS) is 18.2. The molecule has 0 spiro atoms. The molecule has 2 aromatic rings. The fraction of sp³-hybridized carbons (Fsp3) is 0.429. The van der Waals surface area contributed by atoms with Gasteiger partial charge in [0, 0.05) is 38.2 Å². The van der Waals surface area contributed by atoms with E-state index in [1.165, 1.54) is 10.5 Å². The van der Waals surface area contributed by atoms with Gasteiger partial charge in [0.25, 0.3) is 11.5 Å². The predicted molar refractivity (Wildman–Crippen MR) is 80.3 cm³/mol. The molecule has 112 valence electrons. The highest BCUT2D eigenvalue weighted by atomic mass is 79.9. The Balaban J connectivity index is 2.04. The molecule has 1 saturated heterocycles. The largest absolute Gasteiger partial charge is 0.356 e. The van der Waals surface area contributed by atoms with E-state index in [1.807, 2.05) is 13.0 Å². The van der Waals surface area contributed by atoms with Gasteiger partial charge in [0.2, 0.25) is 0 Å². The standard InChI is InChI=1S/C14H14BrF2N3O/c1-9-6-10(15)13-18-11(7-12(21)20(13)8-9)19-4-2-14(16,17)3-5-19/h6-8H,2-5H2,1H3. The minimum atomic E-state index is -2.61. The van der Waals surface area contributed by atoms with Crippen LogP contribution in [0.2, 0.25) is 0 Å². The Morgan fingerprint density at radius 1 is 1.29 bits per heavy atom. The van der Waals surface area contributed by atoms with E-state index in [1.54, 1.807) is 11.1 Å². The molecule has 2 aromatic heterocycles. The number of anilines is 1. The molecule has 0 amide bonds. The van der Waals surface area contributed by atoms with Crippen LogP contribution in [0, 0.1) is 6.92 Å². The van der Waals surface area contributed by atoms with Crippen LogP contribution in [0.4, 0.5) is 14.6 Å². The van der Waals surface area contributed by atoms with Crippen molar-refractivity contribution in [3.05, 3.63) is 38.7 Å². The molecule has 4 nitrogen and oxygen atoms in total. The molecule has 0 unspecified atom stereocenters. The Bertz CT molecular complexity index is 750. The lowest BCUT2D eigenvalue weighted by atomic mass is 10.1. The fourth-order valence-electron chi connectivity index (χ4n) is 2.50. The Hall–Kier alpha value is -1.50. The second-order valence-corrected chi connectivity index (χ2v) is 6.21. The van der Waals surface area contributed by atoms with Crippen molar-refractivity contribution in [3.8, 4) is 0 Å². The highest BCUT2D eigenvalue weighted by Gasteiger charge is 2.34. The van der Waals surface area contributed by atoms with E-state index < -0.39 is 5.92 Å². The number of piperidine rings is 1.